The van der Waals surface area contributed by atoms with Crippen molar-refractivity contribution >= 4 is 45.0 Å². The van der Waals surface area contributed by atoms with Gasteiger partial charge >= 0.3 is 0 Å². The number of aromatic nitrogens is 6. The third kappa shape index (κ3) is 4.44. The van der Waals surface area contributed by atoms with E-state index in [1.807, 2.05) is 6.07 Å². The Labute approximate surface area is 233 Å². The lowest BCUT2D eigenvalue weighted by Crippen LogP contribution is -2.24. The van der Waals surface area contributed by atoms with E-state index in [9.17, 15) is 4.79 Å². The molecule has 0 aliphatic heterocycles. The summed E-state index contributed by atoms with van der Waals surface area (Å²) >= 11 is 1.71. The smallest absolute Gasteiger partial charge is 0.227 e. The summed E-state index contributed by atoms with van der Waals surface area (Å²) in [5.74, 6) is 0.143. The summed E-state index contributed by atoms with van der Waals surface area (Å²) in [5, 5.41) is 11.1. The van der Waals surface area contributed by atoms with Crippen LogP contribution < -0.4 is 5.32 Å². The van der Waals surface area contributed by atoms with Gasteiger partial charge in [0, 0.05) is 56.2 Å². The number of rotatable bonds is 5. The molecule has 1 aromatic carbocycles. The maximum Gasteiger partial charge on any atom is 0.227 e. The Bertz CT molecular complexity index is 1880. The molecule has 1 saturated carbocycles. The number of imidazole rings is 1. The van der Waals surface area contributed by atoms with Crippen molar-refractivity contribution in [3.63, 3.8) is 0 Å². The molecular weight excluding hydrogens is 525 g/mol. The lowest BCUT2D eigenvalue weighted by molar-refractivity contribution is -0.120. The van der Waals surface area contributed by atoms with Crippen molar-refractivity contribution in [1.29, 1.82) is 0 Å². The molecule has 1 fully saturated rings. The summed E-state index contributed by atoms with van der Waals surface area (Å²) in [6, 6.07) is 11.1. The van der Waals surface area contributed by atoms with Crippen molar-refractivity contribution < 1.29 is 9.18 Å². The SMILES string of the molecule is Cc1ccc(-c2ccnc3nc(-c4n[nH]c5cc(F)c(-c6cncc(NC(=O)C7CCCCC7)c6)cc45)[nH]c23)s1. The predicted molar refractivity (Wildman–Crippen MR) is 155 cm³/mol. The van der Waals surface area contributed by atoms with E-state index in [1.165, 1.54) is 17.4 Å². The van der Waals surface area contributed by atoms with Crippen LogP contribution in [-0.4, -0.2) is 36.0 Å². The van der Waals surface area contributed by atoms with E-state index in [-0.39, 0.29) is 11.8 Å². The zero-order valence-corrected chi connectivity index (χ0v) is 22.6. The normalized spacial score (nSPS) is 14.2. The van der Waals surface area contributed by atoms with E-state index in [0.29, 0.717) is 44.9 Å². The first-order valence-electron chi connectivity index (χ1n) is 13.4. The molecule has 40 heavy (non-hydrogen) atoms. The second-order valence-corrected chi connectivity index (χ2v) is 11.6. The average Bonchev–Trinajstić information content (AvgIpc) is 3.70. The van der Waals surface area contributed by atoms with E-state index in [4.69, 9.17) is 4.98 Å². The van der Waals surface area contributed by atoms with Crippen molar-refractivity contribution in [2.75, 3.05) is 5.32 Å². The van der Waals surface area contributed by atoms with Crippen LogP contribution in [0, 0.1) is 18.7 Å². The Morgan fingerprint density at radius 3 is 2.77 bits per heavy atom. The Morgan fingerprint density at radius 1 is 1.07 bits per heavy atom. The number of carbonyl (C=O) groups excluding carboxylic acids is 1. The number of fused-ring (bicyclic) bond motifs is 2. The third-order valence-corrected chi connectivity index (χ3v) is 8.60. The van der Waals surface area contributed by atoms with Crippen LogP contribution in [0.2, 0.25) is 0 Å². The van der Waals surface area contributed by atoms with E-state index in [2.05, 4.69) is 49.5 Å². The molecule has 3 N–H and O–H groups in total. The molecule has 5 aromatic heterocycles. The van der Waals surface area contributed by atoms with Crippen LogP contribution in [0.15, 0.2) is 55.0 Å². The minimum absolute atomic E-state index is 0.00210. The topological polar surface area (TPSA) is 112 Å². The van der Waals surface area contributed by atoms with Crippen LogP contribution in [0.25, 0.3) is 55.2 Å². The van der Waals surface area contributed by atoms with Crippen molar-refractivity contribution in [1.82, 2.24) is 30.1 Å². The van der Waals surface area contributed by atoms with Crippen LogP contribution in [0.1, 0.15) is 37.0 Å². The first kappa shape index (κ1) is 24.6. The number of hydrogen-bond donors (Lipinski definition) is 3. The van der Waals surface area contributed by atoms with Gasteiger partial charge in [0.2, 0.25) is 5.91 Å². The fourth-order valence-corrected chi connectivity index (χ4v) is 6.41. The minimum atomic E-state index is -0.415. The number of halogens is 1. The monoisotopic (exact) mass is 551 g/mol. The zero-order valence-electron chi connectivity index (χ0n) is 21.8. The zero-order chi connectivity index (χ0) is 27.2. The van der Waals surface area contributed by atoms with Gasteiger partial charge in [-0.1, -0.05) is 19.3 Å². The largest absolute Gasteiger partial charge is 0.335 e. The van der Waals surface area contributed by atoms with Gasteiger partial charge in [0.15, 0.2) is 11.5 Å². The highest BCUT2D eigenvalue weighted by molar-refractivity contribution is 7.15. The fraction of sp³-hybridized carbons (Fsp3) is 0.233. The summed E-state index contributed by atoms with van der Waals surface area (Å²) < 4.78 is 15.3. The number of thiophene rings is 1. The van der Waals surface area contributed by atoms with E-state index < -0.39 is 5.82 Å². The molecule has 0 radical (unpaired) electrons. The third-order valence-electron chi connectivity index (χ3n) is 7.57. The number of hydrogen-bond acceptors (Lipinski definition) is 6. The van der Waals surface area contributed by atoms with Gasteiger partial charge in [0.1, 0.15) is 11.5 Å². The quantitative estimate of drug-likeness (QED) is 0.209. The first-order chi connectivity index (χ1) is 19.5. The average molecular weight is 552 g/mol. The van der Waals surface area contributed by atoms with Crippen molar-refractivity contribution in [2.45, 2.75) is 39.0 Å². The minimum Gasteiger partial charge on any atom is -0.335 e. The first-order valence-corrected chi connectivity index (χ1v) is 14.2. The Morgan fingerprint density at radius 2 is 1.95 bits per heavy atom. The summed E-state index contributed by atoms with van der Waals surface area (Å²) in [7, 11) is 0. The van der Waals surface area contributed by atoms with Crippen molar-refractivity contribution in [3.05, 3.63) is 65.7 Å². The maximum atomic E-state index is 15.3. The number of pyridine rings is 2. The van der Waals surface area contributed by atoms with Gasteiger partial charge in [-0.2, -0.15) is 5.10 Å². The van der Waals surface area contributed by atoms with Gasteiger partial charge in [0.25, 0.3) is 0 Å². The van der Waals surface area contributed by atoms with Crippen LogP contribution in [0.4, 0.5) is 10.1 Å². The van der Waals surface area contributed by atoms with Crippen molar-refractivity contribution in [3.8, 4) is 33.1 Å². The molecular formula is C30H26FN7OS. The van der Waals surface area contributed by atoms with E-state index in [1.54, 1.807) is 42.1 Å². The lowest BCUT2D eigenvalue weighted by Gasteiger charge is -2.20. The summed E-state index contributed by atoms with van der Waals surface area (Å²) in [4.78, 5) is 32.0. The number of nitrogens with one attached hydrogen (secondary N) is 3. The summed E-state index contributed by atoms with van der Waals surface area (Å²) in [5.41, 5.74) is 5.03. The molecule has 0 spiro atoms. The standard InChI is InChI=1S/C30H26FN7OS/c1-16-7-8-25(40-16)20-9-10-33-28-26(20)35-29(36-28)27-22-12-21(23(31)13-24(22)37-38-27)18-11-19(15-32-14-18)34-30(39)17-5-3-2-4-6-17/h7-15,17H,2-6H2,1H3,(H,34,39)(H,37,38)(H,33,35,36). The van der Waals surface area contributed by atoms with Crippen molar-refractivity contribution in [2.24, 2.45) is 5.92 Å². The summed E-state index contributed by atoms with van der Waals surface area (Å²) in [6.45, 7) is 2.08. The number of nitrogens with zero attached hydrogens (tertiary/aromatic N) is 4. The summed E-state index contributed by atoms with van der Waals surface area (Å²) in [6.07, 6.45) is 10.1. The molecule has 8 nitrogen and oxygen atoms in total. The van der Waals surface area contributed by atoms with E-state index >= 15 is 4.39 Å². The highest BCUT2D eigenvalue weighted by Crippen LogP contribution is 2.36. The molecule has 7 rings (SSSR count). The molecule has 1 aliphatic rings. The Balaban J connectivity index is 1.25. The molecule has 0 bridgehead atoms. The fourth-order valence-electron chi connectivity index (χ4n) is 5.51. The molecule has 1 amide bonds. The highest BCUT2D eigenvalue weighted by Gasteiger charge is 2.22. The molecule has 0 saturated heterocycles. The van der Waals surface area contributed by atoms with Crippen LogP contribution in [0.3, 0.4) is 0 Å². The lowest BCUT2D eigenvalue weighted by atomic mass is 9.88. The van der Waals surface area contributed by atoms with Crippen LogP contribution in [0.5, 0.6) is 0 Å². The molecule has 0 unspecified atom stereocenters. The Hall–Kier alpha value is -4.44. The van der Waals surface area contributed by atoms with Gasteiger partial charge < -0.3 is 10.3 Å². The Kier molecular flexibility index (Phi) is 6.11. The second kappa shape index (κ2) is 9.95. The van der Waals surface area contributed by atoms with Gasteiger partial charge in [0.05, 0.1) is 22.9 Å². The maximum absolute atomic E-state index is 15.3. The van der Waals surface area contributed by atoms with Gasteiger partial charge in [-0.05, 0) is 50.1 Å². The number of H-pyrrole nitrogens is 2. The molecule has 0 atom stereocenters. The number of benzene rings is 1. The van der Waals surface area contributed by atoms with Crippen LogP contribution in [-0.2, 0) is 4.79 Å². The molecule has 5 heterocycles. The molecule has 6 aromatic rings. The number of aryl methyl sites for hydroxylation is 1. The number of anilines is 1. The van der Waals surface area contributed by atoms with Gasteiger partial charge in [-0.25, -0.2) is 14.4 Å². The highest BCUT2D eigenvalue weighted by atomic mass is 32.1. The van der Waals surface area contributed by atoms with Gasteiger partial charge in [-0.3, -0.25) is 14.9 Å². The predicted octanol–water partition coefficient (Wildman–Crippen LogP) is 7.26. The van der Waals surface area contributed by atoms with E-state index in [0.717, 1.165) is 41.6 Å². The number of amides is 1. The molecule has 1 aliphatic carbocycles. The number of carbonyl (C=O) groups is 1. The number of aromatic amines is 2. The van der Waals surface area contributed by atoms with Crippen LogP contribution >= 0.6 is 11.3 Å². The molecule has 200 valence electrons. The second-order valence-electron chi connectivity index (χ2n) is 10.3. The van der Waals surface area contributed by atoms with Gasteiger partial charge in [-0.15, -0.1) is 11.3 Å². The molecule has 10 heteroatoms.